The average Bonchev–Trinajstić information content (AvgIpc) is 3.01. The van der Waals surface area contributed by atoms with Gasteiger partial charge in [-0.15, -0.1) is 0 Å². The molecule has 15 heavy (non-hydrogen) atoms. The van der Waals surface area contributed by atoms with Gasteiger partial charge in [0.05, 0.1) is 13.2 Å². The van der Waals surface area contributed by atoms with Crippen LogP contribution in [0.1, 0.15) is 19.3 Å². The lowest BCUT2D eigenvalue weighted by Crippen LogP contribution is -2.45. The Kier molecular flexibility index (Phi) is 6.17. The highest BCUT2D eigenvalue weighted by Crippen LogP contribution is 2.33. The topological polar surface area (TPSA) is 50.7 Å². The Morgan fingerprint density at radius 3 is 2.40 bits per heavy atom. The van der Waals surface area contributed by atoms with E-state index in [4.69, 9.17) is 14.6 Å². The molecule has 1 aliphatic carbocycles. The molecule has 0 heterocycles. The van der Waals surface area contributed by atoms with Crippen LogP contribution in [0.3, 0.4) is 0 Å². The minimum absolute atomic E-state index is 0.200. The lowest BCUT2D eigenvalue weighted by molar-refractivity contribution is 0.113. The quantitative estimate of drug-likeness (QED) is 0.587. The monoisotopic (exact) mass is 217 g/mol. The van der Waals surface area contributed by atoms with Crippen LogP contribution < -0.4 is 5.32 Å². The van der Waals surface area contributed by atoms with Crippen molar-refractivity contribution in [1.29, 1.82) is 0 Å². The highest BCUT2D eigenvalue weighted by Gasteiger charge is 2.32. The molecular formula is C11H23NO3. The van der Waals surface area contributed by atoms with E-state index < -0.39 is 0 Å². The SMILES string of the molecule is COCC(CCO)NC(COC)C1CC1. The number of aliphatic hydroxyl groups excluding tert-OH is 1. The van der Waals surface area contributed by atoms with Crippen molar-refractivity contribution >= 4 is 0 Å². The fraction of sp³-hybridized carbons (Fsp3) is 1.00. The minimum atomic E-state index is 0.200. The molecule has 2 unspecified atom stereocenters. The van der Waals surface area contributed by atoms with Gasteiger partial charge in [0.1, 0.15) is 0 Å². The summed E-state index contributed by atoms with van der Waals surface area (Å²) >= 11 is 0. The molecule has 4 nitrogen and oxygen atoms in total. The lowest BCUT2D eigenvalue weighted by atomic mass is 10.1. The van der Waals surface area contributed by atoms with Gasteiger partial charge in [0.15, 0.2) is 0 Å². The summed E-state index contributed by atoms with van der Waals surface area (Å²) in [7, 11) is 3.42. The first-order valence-electron chi connectivity index (χ1n) is 5.66. The number of ether oxygens (including phenoxy) is 2. The van der Waals surface area contributed by atoms with Crippen molar-refractivity contribution in [2.45, 2.75) is 31.3 Å². The summed E-state index contributed by atoms with van der Waals surface area (Å²) in [6.07, 6.45) is 3.32. The van der Waals surface area contributed by atoms with Gasteiger partial charge in [-0.05, 0) is 25.2 Å². The second-order valence-corrected chi connectivity index (χ2v) is 4.23. The molecule has 1 aliphatic rings. The van der Waals surface area contributed by atoms with Crippen LogP contribution in [-0.4, -0.2) is 51.2 Å². The molecule has 1 saturated carbocycles. The van der Waals surface area contributed by atoms with Gasteiger partial charge in [0.2, 0.25) is 0 Å². The molecule has 0 saturated heterocycles. The Bertz CT molecular complexity index is 156. The zero-order valence-electron chi connectivity index (χ0n) is 9.74. The highest BCUT2D eigenvalue weighted by molar-refractivity contribution is 4.88. The van der Waals surface area contributed by atoms with Crippen molar-refractivity contribution in [2.24, 2.45) is 5.92 Å². The van der Waals surface area contributed by atoms with Gasteiger partial charge in [0.25, 0.3) is 0 Å². The summed E-state index contributed by atoms with van der Waals surface area (Å²) in [6.45, 7) is 1.59. The second kappa shape index (κ2) is 7.17. The van der Waals surface area contributed by atoms with E-state index in [0.29, 0.717) is 12.6 Å². The van der Waals surface area contributed by atoms with Crippen molar-refractivity contribution in [3.8, 4) is 0 Å². The zero-order valence-corrected chi connectivity index (χ0v) is 9.74. The maximum Gasteiger partial charge on any atom is 0.0618 e. The maximum atomic E-state index is 8.93. The molecule has 0 amide bonds. The summed E-state index contributed by atoms with van der Waals surface area (Å²) in [4.78, 5) is 0. The normalized spacial score (nSPS) is 20.2. The van der Waals surface area contributed by atoms with Crippen LogP contribution in [0.25, 0.3) is 0 Å². The van der Waals surface area contributed by atoms with Gasteiger partial charge in [-0.2, -0.15) is 0 Å². The van der Waals surface area contributed by atoms with Crippen molar-refractivity contribution in [1.82, 2.24) is 5.32 Å². The van der Waals surface area contributed by atoms with Crippen molar-refractivity contribution in [3.63, 3.8) is 0 Å². The molecule has 0 aromatic heterocycles. The summed E-state index contributed by atoms with van der Waals surface area (Å²) in [5.74, 6) is 0.753. The van der Waals surface area contributed by atoms with Gasteiger partial charge in [-0.25, -0.2) is 0 Å². The second-order valence-electron chi connectivity index (χ2n) is 4.23. The van der Waals surface area contributed by atoms with Crippen LogP contribution in [0.5, 0.6) is 0 Å². The van der Waals surface area contributed by atoms with Crippen molar-refractivity contribution < 1.29 is 14.6 Å². The van der Waals surface area contributed by atoms with E-state index in [1.807, 2.05) is 0 Å². The first-order chi connectivity index (χ1) is 7.31. The first kappa shape index (κ1) is 12.9. The predicted octanol–water partition coefficient (Wildman–Crippen LogP) is 0.398. The predicted molar refractivity (Wildman–Crippen MR) is 58.9 cm³/mol. The third-order valence-corrected chi connectivity index (χ3v) is 2.83. The molecule has 90 valence electrons. The van der Waals surface area contributed by atoms with E-state index in [1.165, 1.54) is 12.8 Å². The fourth-order valence-electron chi connectivity index (χ4n) is 1.87. The summed E-state index contributed by atoms with van der Waals surface area (Å²) in [6, 6.07) is 0.655. The van der Waals surface area contributed by atoms with Crippen LogP contribution in [0.15, 0.2) is 0 Å². The number of methoxy groups -OCH3 is 2. The van der Waals surface area contributed by atoms with Gasteiger partial charge in [-0.1, -0.05) is 0 Å². The van der Waals surface area contributed by atoms with Gasteiger partial charge in [0, 0.05) is 32.9 Å². The van der Waals surface area contributed by atoms with Gasteiger partial charge >= 0.3 is 0 Å². The first-order valence-corrected chi connectivity index (χ1v) is 5.66. The Hall–Kier alpha value is -0.160. The molecule has 1 fully saturated rings. The Morgan fingerprint density at radius 2 is 1.93 bits per heavy atom. The molecule has 2 N–H and O–H groups in total. The summed E-state index contributed by atoms with van der Waals surface area (Å²) < 4.78 is 10.3. The summed E-state index contributed by atoms with van der Waals surface area (Å²) in [5.41, 5.74) is 0. The molecule has 0 aromatic rings. The number of hydrogen-bond acceptors (Lipinski definition) is 4. The third-order valence-electron chi connectivity index (χ3n) is 2.83. The zero-order chi connectivity index (χ0) is 11.1. The average molecular weight is 217 g/mol. The number of aliphatic hydroxyl groups is 1. The fourth-order valence-corrected chi connectivity index (χ4v) is 1.87. The van der Waals surface area contributed by atoms with E-state index in [1.54, 1.807) is 14.2 Å². The number of nitrogens with one attached hydrogen (secondary N) is 1. The molecule has 0 aliphatic heterocycles. The smallest absolute Gasteiger partial charge is 0.0618 e. The van der Waals surface area contributed by atoms with Crippen LogP contribution in [0, 0.1) is 5.92 Å². The number of rotatable bonds is 9. The van der Waals surface area contributed by atoms with Gasteiger partial charge in [-0.3, -0.25) is 0 Å². The standard InChI is InChI=1S/C11H23NO3/c1-14-7-10(5-6-13)12-11(8-15-2)9-3-4-9/h9-13H,3-8H2,1-2H3. The lowest BCUT2D eigenvalue weighted by Gasteiger charge is -2.24. The van der Waals surface area contributed by atoms with E-state index in [2.05, 4.69) is 5.32 Å². The molecular weight excluding hydrogens is 194 g/mol. The molecule has 0 bridgehead atoms. The molecule has 1 rings (SSSR count). The Labute approximate surface area is 92.0 Å². The van der Waals surface area contributed by atoms with E-state index >= 15 is 0 Å². The molecule has 4 heteroatoms. The molecule has 0 aromatic carbocycles. The van der Waals surface area contributed by atoms with Crippen LogP contribution in [-0.2, 0) is 9.47 Å². The van der Waals surface area contributed by atoms with Crippen molar-refractivity contribution in [2.75, 3.05) is 34.0 Å². The molecule has 0 spiro atoms. The Morgan fingerprint density at radius 1 is 1.27 bits per heavy atom. The van der Waals surface area contributed by atoms with Crippen LogP contribution in [0.4, 0.5) is 0 Å². The van der Waals surface area contributed by atoms with E-state index in [9.17, 15) is 0 Å². The van der Waals surface area contributed by atoms with Crippen molar-refractivity contribution in [3.05, 3.63) is 0 Å². The molecule has 0 radical (unpaired) electrons. The van der Waals surface area contributed by atoms with E-state index in [-0.39, 0.29) is 12.6 Å². The maximum absolute atomic E-state index is 8.93. The van der Waals surface area contributed by atoms with Gasteiger partial charge < -0.3 is 19.9 Å². The third kappa shape index (κ3) is 4.93. The Balaban J connectivity index is 2.30. The minimum Gasteiger partial charge on any atom is -0.396 e. The molecule has 2 atom stereocenters. The van der Waals surface area contributed by atoms with E-state index in [0.717, 1.165) is 18.9 Å². The van der Waals surface area contributed by atoms with Crippen LogP contribution >= 0.6 is 0 Å². The largest absolute Gasteiger partial charge is 0.396 e. The highest BCUT2D eigenvalue weighted by atomic mass is 16.5. The summed E-state index contributed by atoms with van der Waals surface area (Å²) in [5, 5.41) is 12.4. The van der Waals surface area contributed by atoms with Crippen LogP contribution in [0.2, 0.25) is 0 Å². The number of hydrogen-bond donors (Lipinski definition) is 2.